The van der Waals surface area contributed by atoms with Crippen LogP contribution in [-0.2, 0) is 4.79 Å². The van der Waals surface area contributed by atoms with Crippen molar-refractivity contribution in [2.24, 2.45) is 5.92 Å². The molecule has 1 heterocycles. The molecule has 104 valence electrons. The zero-order chi connectivity index (χ0) is 13.8. The second kappa shape index (κ2) is 6.17. The van der Waals surface area contributed by atoms with Gasteiger partial charge in [-0.2, -0.15) is 0 Å². The summed E-state index contributed by atoms with van der Waals surface area (Å²) >= 11 is 0. The molecule has 1 aromatic carbocycles. The van der Waals surface area contributed by atoms with Gasteiger partial charge >= 0.3 is 5.97 Å². The van der Waals surface area contributed by atoms with Crippen molar-refractivity contribution in [2.75, 3.05) is 20.1 Å². The zero-order valence-electron chi connectivity index (χ0n) is 11.5. The molecule has 19 heavy (non-hydrogen) atoms. The van der Waals surface area contributed by atoms with Gasteiger partial charge in [0.15, 0.2) is 0 Å². The SMILES string of the molecule is CC1CN(C)CCC1NC(C(=O)O)c1ccccc1. The average molecular weight is 262 g/mol. The van der Waals surface area contributed by atoms with E-state index in [-0.39, 0.29) is 6.04 Å². The van der Waals surface area contributed by atoms with Gasteiger partial charge in [-0.15, -0.1) is 0 Å². The minimum atomic E-state index is -0.808. The highest BCUT2D eigenvalue weighted by atomic mass is 16.4. The Morgan fingerprint density at radius 1 is 1.42 bits per heavy atom. The Morgan fingerprint density at radius 2 is 2.11 bits per heavy atom. The molecule has 1 fully saturated rings. The normalized spacial score (nSPS) is 26.0. The Balaban J connectivity index is 2.07. The summed E-state index contributed by atoms with van der Waals surface area (Å²) in [7, 11) is 2.11. The molecule has 1 saturated heterocycles. The van der Waals surface area contributed by atoms with E-state index in [2.05, 4.69) is 24.2 Å². The van der Waals surface area contributed by atoms with Crippen LogP contribution in [0.3, 0.4) is 0 Å². The Kier molecular flexibility index (Phi) is 4.56. The molecule has 0 amide bonds. The van der Waals surface area contributed by atoms with Gasteiger partial charge in [-0.05, 0) is 31.5 Å². The lowest BCUT2D eigenvalue weighted by molar-refractivity contribution is -0.140. The third kappa shape index (κ3) is 3.55. The lowest BCUT2D eigenvalue weighted by Gasteiger charge is -2.36. The summed E-state index contributed by atoms with van der Waals surface area (Å²) in [6, 6.07) is 9.04. The van der Waals surface area contributed by atoms with E-state index < -0.39 is 12.0 Å². The summed E-state index contributed by atoms with van der Waals surface area (Å²) in [5.41, 5.74) is 0.820. The predicted octanol–water partition coefficient (Wildman–Crippen LogP) is 1.74. The monoisotopic (exact) mass is 262 g/mol. The molecule has 3 atom stereocenters. The Bertz CT molecular complexity index is 421. The van der Waals surface area contributed by atoms with E-state index >= 15 is 0 Å². The number of piperidine rings is 1. The minimum absolute atomic E-state index is 0.262. The van der Waals surface area contributed by atoms with Crippen molar-refractivity contribution in [2.45, 2.75) is 25.4 Å². The molecule has 4 heteroatoms. The molecule has 0 aliphatic carbocycles. The number of nitrogens with zero attached hydrogens (tertiary/aromatic N) is 1. The van der Waals surface area contributed by atoms with E-state index in [0.29, 0.717) is 5.92 Å². The summed E-state index contributed by atoms with van der Waals surface area (Å²) in [5, 5.41) is 12.7. The molecule has 0 saturated carbocycles. The van der Waals surface area contributed by atoms with Crippen LogP contribution in [0.1, 0.15) is 24.9 Å². The van der Waals surface area contributed by atoms with Crippen LogP contribution >= 0.6 is 0 Å². The first-order valence-electron chi connectivity index (χ1n) is 6.80. The number of carbonyl (C=O) groups is 1. The summed E-state index contributed by atoms with van der Waals surface area (Å²) in [6.07, 6.45) is 0.994. The first kappa shape index (κ1) is 14.0. The lowest BCUT2D eigenvalue weighted by Crippen LogP contribution is -2.49. The van der Waals surface area contributed by atoms with Crippen molar-refractivity contribution >= 4 is 5.97 Å². The topological polar surface area (TPSA) is 52.6 Å². The first-order valence-corrected chi connectivity index (χ1v) is 6.80. The molecule has 2 rings (SSSR count). The molecule has 0 spiro atoms. The number of carboxylic acids is 1. The maximum Gasteiger partial charge on any atom is 0.325 e. The number of rotatable bonds is 4. The Hall–Kier alpha value is -1.39. The summed E-state index contributed by atoms with van der Waals surface area (Å²) in [5.74, 6) is -0.346. The van der Waals surface area contributed by atoms with Crippen LogP contribution in [0.25, 0.3) is 0 Å². The molecule has 0 radical (unpaired) electrons. The van der Waals surface area contributed by atoms with Crippen LogP contribution in [0.4, 0.5) is 0 Å². The third-order valence-corrected chi connectivity index (χ3v) is 3.87. The van der Waals surface area contributed by atoms with Crippen LogP contribution in [0.5, 0.6) is 0 Å². The van der Waals surface area contributed by atoms with Gasteiger partial charge in [0.2, 0.25) is 0 Å². The molecular formula is C15H22N2O2. The van der Waals surface area contributed by atoms with Crippen LogP contribution in [0, 0.1) is 5.92 Å². The molecule has 1 aliphatic rings. The van der Waals surface area contributed by atoms with Crippen molar-refractivity contribution in [1.82, 2.24) is 10.2 Å². The van der Waals surface area contributed by atoms with Crippen molar-refractivity contribution in [3.05, 3.63) is 35.9 Å². The minimum Gasteiger partial charge on any atom is -0.480 e. The summed E-state index contributed by atoms with van der Waals surface area (Å²) in [6.45, 7) is 4.21. The van der Waals surface area contributed by atoms with Gasteiger partial charge in [0.1, 0.15) is 6.04 Å². The smallest absolute Gasteiger partial charge is 0.325 e. The fraction of sp³-hybridized carbons (Fsp3) is 0.533. The number of hydrogen-bond acceptors (Lipinski definition) is 3. The number of aliphatic carboxylic acids is 1. The first-order chi connectivity index (χ1) is 9.08. The molecule has 4 nitrogen and oxygen atoms in total. The number of carboxylic acid groups (broad SMARTS) is 1. The maximum absolute atomic E-state index is 11.5. The maximum atomic E-state index is 11.5. The number of benzene rings is 1. The van der Waals surface area contributed by atoms with Crippen molar-refractivity contribution in [3.8, 4) is 0 Å². The molecule has 2 N–H and O–H groups in total. The number of hydrogen-bond donors (Lipinski definition) is 2. The molecule has 3 unspecified atom stereocenters. The molecule has 0 bridgehead atoms. The molecule has 1 aromatic rings. The van der Waals surface area contributed by atoms with Gasteiger partial charge in [-0.25, -0.2) is 0 Å². The van der Waals surface area contributed by atoms with Gasteiger partial charge in [0.25, 0.3) is 0 Å². The lowest BCUT2D eigenvalue weighted by atomic mass is 9.92. The van der Waals surface area contributed by atoms with Gasteiger partial charge in [0.05, 0.1) is 0 Å². The van der Waals surface area contributed by atoms with Crippen molar-refractivity contribution in [3.63, 3.8) is 0 Å². The van der Waals surface area contributed by atoms with Gasteiger partial charge in [0, 0.05) is 12.6 Å². The highest BCUT2D eigenvalue weighted by molar-refractivity contribution is 5.75. The van der Waals surface area contributed by atoms with E-state index in [0.717, 1.165) is 25.1 Å². The van der Waals surface area contributed by atoms with E-state index in [1.54, 1.807) is 0 Å². The summed E-state index contributed by atoms with van der Waals surface area (Å²) in [4.78, 5) is 13.8. The van der Waals surface area contributed by atoms with Crippen LogP contribution in [0.2, 0.25) is 0 Å². The highest BCUT2D eigenvalue weighted by Gasteiger charge is 2.29. The van der Waals surface area contributed by atoms with E-state index in [4.69, 9.17) is 0 Å². The Labute approximate surface area is 114 Å². The second-order valence-electron chi connectivity index (χ2n) is 5.48. The summed E-state index contributed by atoms with van der Waals surface area (Å²) < 4.78 is 0. The zero-order valence-corrected chi connectivity index (χ0v) is 11.5. The molecule has 0 aromatic heterocycles. The van der Waals surface area contributed by atoms with E-state index in [1.165, 1.54) is 0 Å². The molecular weight excluding hydrogens is 240 g/mol. The van der Waals surface area contributed by atoms with Gasteiger partial charge in [-0.3, -0.25) is 10.1 Å². The number of nitrogens with one attached hydrogen (secondary N) is 1. The van der Waals surface area contributed by atoms with Crippen LogP contribution in [-0.4, -0.2) is 42.2 Å². The van der Waals surface area contributed by atoms with Crippen molar-refractivity contribution in [1.29, 1.82) is 0 Å². The van der Waals surface area contributed by atoms with Gasteiger partial charge < -0.3 is 10.0 Å². The quantitative estimate of drug-likeness (QED) is 0.868. The fourth-order valence-electron chi connectivity index (χ4n) is 2.77. The van der Waals surface area contributed by atoms with Crippen molar-refractivity contribution < 1.29 is 9.90 Å². The van der Waals surface area contributed by atoms with E-state index in [1.807, 2.05) is 30.3 Å². The average Bonchev–Trinajstić information content (AvgIpc) is 2.38. The standard InChI is InChI=1S/C15H22N2O2/c1-11-10-17(2)9-8-13(11)16-14(15(18)19)12-6-4-3-5-7-12/h3-7,11,13-14,16H,8-10H2,1-2H3,(H,18,19). The third-order valence-electron chi connectivity index (χ3n) is 3.87. The second-order valence-corrected chi connectivity index (χ2v) is 5.48. The van der Waals surface area contributed by atoms with Crippen LogP contribution < -0.4 is 5.32 Å². The Morgan fingerprint density at radius 3 is 2.68 bits per heavy atom. The highest BCUT2D eigenvalue weighted by Crippen LogP contribution is 2.20. The molecule has 1 aliphatic heterocycles. The van der Waals surface area contributed by atoms with E-state index in [9.17, 15) is 9.90 Å². The number of likely N-dealkylation sites (tertiary alicyclic amines) is 1. The predicted molar refractivity (Wildman–Crippen MR) is 75.0 cm³/mol. The fourth-order valence-corrected chi connectivity index (χ4v) is 2.77. The van der Waals surface area contributed by atoms with Crippen LogP contribution in [0.15, 0.2) is 30.3 Å². The largest absolute Gasteiger partial charge is 0.480 e. The van der Waals surface area contributed by atoms with Gasteiger partial charge in [-0.1, -0.05) is 37.3 Å².